The number of nitro benzene ring substituents is 1. The van der Waals surface area contributed by atoms with Gasteiger partial charge < -0.3 is 15.5 Å². The fraction of sp³-hybridized carbons (Fsp3) is 0.222. The number of esters is 1. The number of nitrogens with one attached hydrogen (secondary N) is 2. The summed E-state index contributed by atoms with van der Waals surface area (Å²) < 4.78 is 4.43. The molecule has 0 spiro atoms. The van der Waals surface area contributed by atoms with Gasteiger partial charge in [-0.2, -0.15) is 0 Å². The molecule has 1 aromatic carbocycles. The molecule has 4 N–H and O–H groups in total. The first-order valence-electron chi connectivity index (χ1n) is 4.63. The molecule has 0 heterocycles. The normalized spacial score (nSPS) is 9.53. The van der Waals surface area contributed by atoms with Gasteiger partial charge in [-0.25, -0.2) is 0 Å². The van der Waals surface area contributed by atoms with Crippen molar-refractivity contribution >= 4 is 23.0 Å². The van der Waals surface area contributed by atoms with Crippen molar-refractivity contribution in [3.8, 4) is 0 Å². The Labute approximate surface area is 96.9 Å². The maximum atomic E-state index is 10.9. The molecule has 8 nitrogen and oxygen atoms in total. The number of non-ortho nitro benzene ring substituents is 1. The largest absolute Gasteiger partial charge is 0.468 e. The van der Waals surface area contributed by atoms with Crippen LogP contribution in [0.25, 0.3) is 0 Å². The molecule has 8 heteroatoms. The van der Waals surface area contributed by atoms with Gasteiger partial charge in [0, 0.05) is 17.8 Å². The number of ether oxygens (including phenoxy) is 1. The van der Waals surface area contributed by atoms with Crippen molar-refractivity contribution in [1.29, 1.82) is 0 Å². The van der Waals surface area contributed by atoms with Crippen LogP contribution in [0.1, 0.15) is 0 Å². The number of hydrazine groups is 1. The Kier molecular flexibility index (Phi) is 4.23. The molecule has 0 saturated heterocycles. The molecular weight excluding hydrogens is 228 g/mol. The van der Waals surface area contributed by atoms with Gasteiger partial charge in [0.15, 0.2) is 0 Å². The summed E-state index contributed by atoms with van der Waals surface area (Å²) in [5.41, 5.74) is 2.94. The molecule has 17 heavy (non-hydrogen) atoms. The predicted octanol–water partition coefficient (Wildman–Crippen LogP) is 0.465. The van der Waals surface area contributed by atoms with Crippen LogP contribution in [-0.4, -0.2) is 24.5 Å². The summed E-state index contributed by atoms with van der Waals surface area (Å²) in [5, 5.41) is 13.3. The van der Waals surface area contributed by atoms with E-state index in [4.69, 9.17) is 5.84 Å². The van der Waals surface area contributed by atoms with E-state index in [0.29, 0.717) is 11.4 Å². The molecule has 0 aromatic heterocycles. The summed E-state index contributed by atoms with van der Waals surface area (Å²) in [6.45, 7) is -0.0817. The maximum Gasteiger partial charge on any atom is 0.325 e. The number of nitrogen functional groups attached to an aromatic ring is 1. The quantitative estimate of drug-likeness (QED) is 0.296. The molecule has 0 aliphatic carbocycles. The number of nitro groups is 1. The Morgan fingerprint density at radius 3 is 2.65 bits per heavy atom. The average Bonchev–Trinajstić information content (AvgIpc) is 2.35. The van der Waals surface area contributed by atoms with E-state index in [1.54, 1.807) is 0 Å². The summed E-state index contributed by atoms with van der Waals surface area (Å²) in [6.07, 6.45) is 0. The summed E-state index contributed by atoms with van der Waals surface area (Å²) in [4.78, 5) is 21.0. The van der Waals surface area contributed by atoms with Crippen LogP contribution in [0, 0.1) is 10.1 Å². The number of rotatable bonds is 5. The van der Waals surface area contributed by atoms with Crippen LogP contribution in [0.5, 0.6) is 0 Å². The molecule has 0 radical (unpaired) electrons. The lowest BCUT2D eigenvalue weighted by Crippen LogP contribution is -2.15. The van der Waals surface area contributed by atoms with Gasteiger partial charge in [0.25, 0.3) is 5.69 Å². The van der Waals surface area contributed by atoms with Gasteiger partial charge >= 0.3 is 5.97 Å². The van der Waals surface area contributed by atoms with Crippen LogP contribution in [-0.2, 0) is 9.53 Å². The van der Waals surface area contributed by atoms with E-state index in [9.17, 15) is 14.9 Å². The molecule has 0 aliphatic rings. The Bertz CT molecular complexity index is 435. The molecule has 0 unspecified atom stereocenters. The first-order chi connectivity index (χ1) is 8.06. The third kappa shape index (κ3) is 3.61. The van der Waals surface area contributed by atoms with Crippen molar-refractivity contribution in [3.05, 3.63) is 28.3 Å². The summed E-state index contributed by atoms with van der Waals surface area (Å²) in [6, 6.07) is 4.11. The maximum absolute atomic E-state index is 10.9. The summed E-state index contributed by atoms with van der Waals surface area (Å²) in [7, 11) is 1.25. The first kappa shape index (κ1) is 12.7. The second-order valence-electron chi connectivity index (χ2n) is 3.10. The van der Waals surface area contributed by atoms with E-state index in [2.05, 4.69) is 15.5 Å². The molecule has 1 aromatic rings. The van der Waals surface area contributed by atoms with Gasteiger partial charge in [0.1, 0.15) is 6.54 Å². The smallest absolute Gasteiger partial charge is 0.325 e. The molecule has 0 aliphatic heterocycles. The Balaban J connectivity index is 2.87. The number of nitrogens with zero attached hydrogens (tertiary/aromatic N) is 1. The number of methoxy groups -OCH3 is 1. The Morgan fingerprint density at radius 2 is 2.12 bits per heavy atom. The van der Waals surface area contributed by atoms with Crippen molar-refractivity contribution in [2.45, 2.75) is 0 Å². The minimum Gasteiger partial charge on any atom is -0.468 e. The van der Waals surface area contributed by atoms with Crippen molar-refractivity contribution in [1.82, 2.24) is 0 Å². The standard InChI is InChI=1S/C9H12N4O4/c1-17-9(14)5-11-6-2-7(12-10)4-8(3-6)13(15)16/h2-4,11-12H,5,10H2,1H3. The van der Waals surface area contributed by atoms with Crippen LogP contribution in [0.15, 0.2) is 18.2 Å². The van der Waals surface area contributed by atoms with E-state index in [1.165, 1.54) is 25.3 Å². The molecule has 92 valence electrons. The molecular formula is C9H12N4O4. The zero-order chi connectivity index (χ0) is 12.8. The van der Waals surface area contributed by atoms with E-state index in [1.807, 2.05) is 0 Å². The van der Waals surface area contributed by atoms with E-state index in [-0.39, 0.29) is 12.2 Å². The zero-order valence-electron chi connectivity index (χ0n) is 9.10. The highest BCUT2D eigenvalue weighted by Gasteiger charge is 2.10. The molecule has 0 bridgehead atoms. The number of anilines is 2. The number of carbonyl (C=O) groups excluding carboxylic acids is 1. The first-order valence-corrected chi connectivity index (χ1v) is 4.63. The Hall–Kier alpha value is -2.35. The molecule has 0 amide bonds. The van der Waals surface area contributed by atoms with E-state index >= 15 is 0 Å². The highest BCUT2D eigenvalue weighted by molar-refractivity contribution is 5.75. The Morgan fingerprint density at radius 1 is 1.47 bits per heavy atom. The lowest BCUT2D eigenvalue weighted by Gasteiger charge is -2.07. The fourth-order valence-corrected chi connectivity index (χ4v) is 1.15. The van der Waals surface area contributed by atoms with Gasteiger partial charge in [-0.1, -0.05) is 0 Å². The third-order valence-corrected chi connectivity index (χ3v) is 1.96. The fourth-order valence-electron chi connectivity index (χ4n) is 1.15. The summed E-state index contributed by atoms with van der Waals surface area (Å²) in [5.74, 6) is 4.70. The second-order valence-corrected chi connectivity index (χ2v) is 3.10. The minimum atomic E-state index is -0.551. The van der Waals surface area contributed by atoms with Crippen LogP contribution in [0.3, 0.4) is 0 Å². The topological polar surface area (TPSA) is 120 Å². The number of hydrogen-bond donors (Lipinski definition) is 3. The summed E-state index contributed by atoms with van der Waals surface area (Å²) >= 11 is 0. The average molecular weight is 240 g/mol. The van der Waals surface area contributed by atoms with Gasteiger partial charge in [0.2, 0.25) is 0 Å². The molecule has 0 saturated carbocycles. The highest BCUT2D eigenvalue weighted by Crippen LogP contribution is 2.23. The van der Waals surface area contributed by atoms with Crippen molar-refractivity contribution in [2.75, 3.05) is 24.4 Å². The van der Waals surface area contributed by atoms with Crippen LogP contribution in [0.2, 0.25) is 0 Å². The predicted molar refractivity (Wildman–Crippen MR) is 61.4 cm³/mol. The van der Waals surface area contributed by atoms with Crippen LogP contribution < -0.4 is 16.6 Å². The van der Waals surface area contributed by atoms with Crippen molar-refractivity contribution in [2.24, 2.45) is 5.84 Å². The molecule has 0 atom stereocenters. The van der Waals surface area contributed by atoms with E-state index in [0.717, 1.165) is 0 Å². The van der Waals surface area contributed by atoms with Crippen molar-refractivity contribution in [3.63, 3.8) is 0 Å². The lowest BCUT2D eigenvalue weighted by atomic mass is 10.2. The van der Waals surface area contributed by atoms with Crippen LogP contribution in [0.4, 0.5) is 17.1 Å². The SMILES string of the molecule is COC(=O)CNc1cc(NN)cc([N+](=O)[O-])c1. The monoisotopic (exact) mass is 240 g/mol. The number of nitrogens with two attached hydrogens (primary N) is 1. The molecule has 1 rings (SSSR count). The molecule has 0 fully saturated rings. The van der Waals surface area contributed by atoms with Crippen molar-refractivity contribution < 1.29 is 14.5 Å². The highest BCUT2D eigenvalue weighted by atomic mass is 16.6. The number of carbonyl (C=O) groups is 1. The second kappa shape index (κ2) is 5.66. The lowest BCUT2D eigenvalue weighted by molar-refractivity contribution is -0.384. The number of benzene rings is 1. The third-order valence-electron chi connectivity index (χ3n) is 1.96. The van der Waals surface area contributed by atoms with Gasteiger partial charge in [-0.3, -0.25) is 20.8 Å². The minimum absolute atomic E-state index is 0.0817. The van der Waals surface area contributed by atoms with Gasteiger partial charge in [-0.15, -0.1) is 0 Å². The zero-order valence-corrected chi connectivity index (χ0v) is 9.10. The number of hydrogen-bond acceptors (Lipinski definition) is 7. The van der Waals surface area contributed by atoms with Gasteiger partial charge in [0.05, 0.1) is 17.7 Å². The van der Waals surface area contributed by atoms with Gasteiger partial charge in [-0.05, 0) is 6.07 Å². The van der Waals surface area contributed by atoms with Crippen LogP contribution >= 0.6 is 0 Å². The van der Waals surface area contributed by atoms with E-state index < -0.39 is 10.9 Å².